The van der Waals surface area contributed by atoms with Crippen molar-refractivity contribution in [3.05, 3.63) is 29.5 Å². The van der Waals surface area contributed by atoms with Gasteiger partial charge in [-0.15, -0.1) is 0 Å². The Morgan fingerprint density at radius 3 is 2.64 bits per heavy atom. The molecule has 0 saturated carbocycles. The minimum absolute atomic E-state index is 0.553. The zero-order valence-electron chi connectivity index (χ0n) is 9.33. The Hall–Kier alpha value is -1.31. The van der Waals surface area contributed by atoms with E-state index in [1.165, 1.54) is 11.1 Å². The fourth-order valence-corrected chi connectivity index (χ4v) is 1.44. The van der Waals surface area contributed by atoms with Crippen LogP contribution in [-0.2, 0) is 0 Å². The highest BCUT2D eigenvalue weighted by Gasteiger charge is 2.07. The lowest BCUT2D eigenvalue weighted by Gasteiger charge is -2.02. The minimum Gasteiger partial charge on any atom is -0.346 e. The van der Waals surface area contributed by atoms with Gasteiger partial charge in [-0.25, -0.2) is 4.99 Å². The van der Waals surface area contributed by atoms with E-state index < -0.39 is 0 Å². The van der Waals surface area contributed by atoms with E-state index >= 15 is 0 Å². The van der Waals surface area contributed by atoms with E-state index in [9.17, 15) is 0 Å². The lowest BCUT2D eigenvalue weighted by molar-refractivity contribution is 0.860. The van der Waals surface area contributed by atoms with Crippen LogP contribution in [0.3, 0.4) is 0 Å². The number of nitrogens with zero attached hydrogens (tertiary/aromatic N) is 1. The summed E-state index contributed by atoms with van der Waals surface area (Å²) in [5.74, 6) is 1.52. The van der Waals surface area contributed by atoms with Crippen LogP contribution in [0.2, 0.25) is 0 Å². The molecule has 1 N–H and O–H groups in total. The lowest BCUT2D eigenvalue weighted by atomic mass is 10.0. The SMILES string of the molecule is C/C=C\C=Nc1[nH]cc(C(C)C)c1C. The molecule has 0 aliphatic carbocycles. The summed E-state index contributed by atoms with van der Waals surface area (Å²) in [6, 6.07) is 0. The molecule has 0 aliphatic rings. The number of hydrogen-bond donors (Lipinski definition) is 1. The Kier molecular flexibility index (Phi) is 3.69. The van der Waals surface area contributed by atoms with Crippen LogP contribution in [0.25, 0.3) is 0 Å². The molecule has 0 spiro atoms. The molecule has 1 heterocycles. The molecule has 76 valence electrons. The molecule has 2 heteroatoms. The monoisotopic (exact) mass is 190 g/mol. The lowest BCUT2D eigenvalue weighted by Crippen LogP contribution is -1.85. The molecule has 0 atom stereocenters. The van der Waals surface area contributed by atoms with Crippen LogP contribution >= 0.6 is 0 Å². The molecule has 1 rings (SSSR count). The molecule has 0 saturated heterocycles. The van der Waals surface area contributed by atoms with Crippen molar-refractivity contribution in [2.45, 2.75) is 33.6 Å². The highest BCUT2D eigenvalue weighted by molar-refractivity contribution is 5.74. The van der Waals surface area contributed by atoms with Gasteiger partial charge < -0.3 is 4.98 Å². The standard InChI is InChI=1S/C12H18N2/c1-5-6-7-13-12-10(4)11(8-14-12)9(2)3/h5-9,14H,1-4H3/b6-5-,13-7?. The second-order valence-electron chi connectivity index (χ2n) is 3.68. The van der Waals surface area contributed by atoms with Crippen LogP contribution in [-0.4, -0.2) is 11.2 Å². The number of aromatic nitrogens is 1. The highest BCUT2D eigenvalue weighted by Crippen LogP contribution is 2.26. The molecule has 14 heavy (non-hydrogen) atoms. The fourth-order valence-electron chi connectivity index (χ4n) is 1.44. The fraction of sp³-hybridized carbons (Fsp3) is 0.417. The van der Waals surface area contributed by atoms with Gasteiger partial charge in [-0.1, -0.05) is 19.9 Å². The van der Waals surface area contributed by atoms with Crippen LogP contribution in [0.1, 0.15) is 37.8 Å². The Balaban J connectivity index is 2.90. The summed E-state index contributed by atoms with van der Waals surface area (Å²) in [5, 5.41) is 0. The summed E-state index contributed by atoms with van der Waals surface area (Å²) in [7, 11) is 0. The normalized spacial score (nSPS) is 12.4. The molecule has 0 fully saturated rings. The molecule has 0 aromatic carbocycles. The predicted octanol–water partition coefficient (Wildman–Crippen LogP) is 3.72. The number of aromatic amines is 1. The first-order valence-corrected chi connectivity index (χ1v) is 5.00. The van der Waals surface area contributed by atoms with Gasteiger partial charge in [0.25, 0.3) is 0 Å². The number of allylic oxidation sites excluding steroid dienone is 2. The van der Waals surface area contributed by atoms with Crippen LogP contribution in [0.5, 0.6) is 0 Å². The summed E-state index contributed by atoms with van der Waals surface area (Å²) in [6.07, 6.45) is 7.74. The molecule has 0 amide bonds. The van der Waals surface area contributed by atoms with E-state index in [1.807, 2.05) is 31.5 Å². The predicted molar refractivity (Wildman–Crippen MR) is 62.6 cm³/mol. The average molecular weight is 190 g/mol. The molecule has 1 aromatic rings. The van der Waals surface area contributed by atoms with Crippen molar-refractivity contribution in [3.8, 4) is 0 Å². The van der Waals surface area contributed by atoms with Crippen LogP contribution < -0.4 is 0 Å². The van der Waals surface area contributed by atoms with Gasteiger partial charge in [-0.05, 0) is 37.0 Å². The maximum atomic E-state index is 4.33. The second-order valence-corrected chi connectivity index (χ2v) is 3.68. The quantitative estimate of drug-likeness (QED) is 0.703. The van der Waals surface area contributed by atoms with E-state index in [4.69, 9.17) is 0 Å². The topological polar surface area (TPSA) is 28.1 Å². The van der Waals surface area contributed by atoms with Gasteiger partial charge in [0.2, 0.25) is 0 Å². The molecule has 0 radical (unpaired) electrons. The zero-order chi connectivity index (χ0) is 10.6. The van der Waals surface area contributed by atoms with Gasteiger partial charge in [0, 0.05) is 12.4 Å². The Bertz CT molecular complexity index is 343. The molecular weight excluding hydrogens is 172 g/mol. The third-order valence-corrected chi connectivity index (χ3v) is 2.26. The van der Waals surface area contributed by atoms with Crippen molar-refractivity contribution < 1.29 is 0 Å². The van der Waals surface area contributed by atoms with Crippen LogP contribution in [0.15, 0.2) is 23.3 Å². The van der Waals surface area contributed by atoms with Gasteiger partial charge >= 0.3 is 0 Å². The third kappa shape index (κ3) is 2.34. The first kappa shape index (κ1) is 10.8. The Labute approximate surface area is 85.8 Å². The van der Waals surface area contributed by atoms with E-state index in [0.717, 1.165) is 5.82 Å². The number of aliphatic imine (C=N–C) groups is 1. The minimum atomic E-state index is 0.553. The van der Waals surface area contributed by atoms with Crippen molar-refractivity contribution in [1.29, 1.82) is 0 Å². The Morgan fingerprint density at radius 2 is 2.14 bits per heavy atom. The smallest absolute Gasteiger partial charge is 0.133 e. The zero-order valence-corrected chi connectivity index (χ0v) is 9.33. The van der Waals surface area contributed by atoms with Crippen molar-refractivity contribution in [2.75, 3.05) is 0 Å². The van der Waals surface area contributed by atoms with Gasteiger partial charge in [0.15, 0.2) is 0 Å². The molecule has 1 aromatic heterocycles. The highest BCUT2D eigenvalue weighted by atomic mass is 14.9. The van der Waals surface area contributed by atoms with Crippen LogP contribution in [0.4, 0.5) is 5.82 Å². The van der Waals surface area contributed by atoms with Crippen LogP contribution in [0, 0.1) is 6.92 Å². The van der Waals surface area contributed by atoms with Crippen molar-refractivity contribution in [1.82, 2.24) is 4.98 Å². The van der Waals surface area contributed by atoms with Gasteiger partial charge in [0.05, 0.1) is 0 Å². The van der Waals surface area contributed by atoms with E-state index in [0.29, 0.717) is 5.92 Å². The first-order chi connectivity index (χ1) is 6.66. The van der Waals surface area contributed by atoms with Crippen molar-refractivity contribution in [3.63, 3.8) is 0 Å². The van der Waals surface area contributed by atoms with Crippen molar-refractivity contribution in [2.24, 2.45) is 4.99 Å². The summed E-state index contributed by atoms with van der Waals surface area (Å²) in [4.78, 5) is 7.51. The molecule has 2 nitrogen and oxygen atoms in total. The van der Waals surface area contributed by atoms with E-state index in [-0.39, 0.29) is 0 Å². The average Bonchev–Trinajstić information content (AvgIpc) is 2.48. The maximum absolute atomic E-state index is 4.33. The summed E-state index contributed by atoms with van der Waals surface area (Å²) in [5.41, 5.74) is 2.60. The van der Waals surface area contributed by atoms with E-state index in [2.05, 4.69) is 30.7 Å². The largest absolute Gasteiger partial charge is 0.346 e. The van der Waals surface area contributed by atoms with Gasteiger partial charge in [-0.3, -0.25) is 0 Å². The number of nitrogens with one attached hydrogen (secondary N) is 1. The summed E-state index contributed by atoms with van der Waals surface area (Å²) in [6.45, 7) is 8.46. The number of H-pyrrole nitrogens is 1. The molecule has 0 unspecified atom stereocenters. The first-order valence-electron chi connectivity index (χ1n) is 5.00. The van der Waals surface area contributed by atoms with Crippen molar-refractivity contribution >= 4 is 12.0 Å². The van der Waals surface area contributed by atoms with Gasteiger partial charge in [0.1, 0.15) is 5.82 Å². The molecular formula is C12H18N2. The number of rotatable bonds is 3. The van der Waals surface area contributed by atoms with E-state index in [1.54, 1.807) is 0 Å². The van der Waals surface area contributed by atoms with Gasteiger partial charge in [-0.2, -0.15) is 0 Å². The Morgan fingerprint density at radius 1 is 1.43 bits per heavy atom. The molecule has 0 aliphatic heterocycles. The summed E-state index contributed by atoms with van der Waals surface area (Å²) < 4.78 is 0. The summed E-state index contributed by atoms with van der Waals surface area (Å²) >= 11 is 0. The third-order valence-electron chi connectivity index (χ3n) is 2.26. The maximum Gasteiger partial charge on any atom is 0.133 e. The molecule has 0 bridgehead atoms. The number of hydrogen-bond acceptors (Lipinski definition) is 1. The second kappa shape index (κ2) is 4.80.